The molecule has 0 amide bonds. The molecule has 1 aliphatic carbocycles. The molecule has 0 saturated carbocycles. The van der Waals surface area contributed by atoms with E-state index < -0.39 is 0 Å². The van der Waals surface area contributed by atoms with E-state index in [-0.39, 0.29) is 0 Å². The minimum atomic E-state index is 0.450. The Morgan fingerprint density at radius 1 is 1.42 bits per heavy atom. The molecule has 100 valence electrons. The number of nitrogens with zero attached hydrogens (tertiary/aromatic N) is 1. The SMILES string of the molecule is CNC1CCc2cc(OCc3cc(C)on3)ccc21. The Morgan fingerprint density at radius 2 is 2.32 bits per heavy atom. The van der Waals surface area contributed by atoms with E-state index in [1.54, 1.807) is 0 Å². The lowest BCUT2D eigenvalue weighted by atomic mass is 10.1. The van der Waals surface area contributed by atoms with Crippen LogP contribution in [-0.2, 0) is 13.0 Å². The molecule has 1 aromatic carbocycles. The van der Waals surface area contributed by atoms with Crippen LogP contribution in [0.3, 0.4) is 0 Å². The molecule has 0 fully saturated rings. The highest BCUT2D eigenvalue weighted by molar-refractivity contribution is 5.40. The summed E-state index contributed by atoms with van der Waals surface area (Å²) in [6.45, 7) is 2.33. The third kappa shape index (κ3) is 2.49. The average molecular weight is 258 g/mol. The fourth-order valence-corrected chi connectivity index (χ4v) is 2.63. The lowest BCUT2D eigenvalue weighted by molar-refractivity contribution is 0.287. The van der Waals surface area contributed by atoms with Crippen LogP contribution >= 0.6 is 0 Å². The molecule has 1 N–H and O–H groups in total. The fraction of sp³-hybridized carbons (Fsp3) is 0.400. The number of benzene rings is 1. The molecule has 3 rings (SSSR count). The van der Waals surface area contributed by atoms with E-state index in [1.165, 1.54) is 11.1 Å². The smallest absolute Gasteiger partial charge is 0.134 e. The van der Waals surface area contributed by atoms with E-state index in [0.29, 0.717) is 12.6 Å². The zero-order valence-electron chi connectivity index (χ0n) is 11.3. The standard InChI is InChI=1S/C15H18N2O2/c1-10-7-12(17-19-10)9-18-13-4-5-14-11(8-13)3-6-15(14)16-2/h4-5,7-8,15-16H,3,6,9H2,1-2H3. The number of ether oxygens (including phenoxy) is 1. The van der Waals surface area contributed by atoms with Crippen molar-refractivity contribution in [3.05, 3.63) is 46.8 Å². The minimum Gasteiger partial charge on any atom is -0.487 e. The third-order valence-corrected chi connectivity index (χ3v) is 3.60. The first-order valence-corrected chi connectivity index (χ1v) is 6.61. The molecular weight excluding hydrogens is 240 g/mol. The van der Waals surface area contributed by atoms with Crippen molar-refractivity contribution in [3.8, 4) is 5.75 Å². The van der Waals surface area contributed by atoms with Gasteiger partial charge in [0.25, 0.3) is 0 Å². The number of nitrogens with one attached hydrogen (secondary N) is 1. The summed E-state index contributed by atoms with van der Waals surface area (Å²) in [6, 6.07) is 8.71. The maximum Gasteiger partial charge on any atom is 0.134 e. The van der Waals surface area contributed by atoms with E-state index in [9.17, 15) is 0 Å². The Bertz CT molecular complexity index is 577. The first kappa shape index (κ1) is 12.2. The van der Waals surface area contributed by atoms with Crippen LogP contribution in [0.25, 0.3) is 0 Å². The van der Waals surface area contributed by atoms with E-state index in [0.717, 1.165) is 30.0 Å². The molecule has 1 atom stereocenters. The second-order valence-electron chi connectivity index (χ2n) is 4.96. The molecule has 4 heteroatoms. The Labute approximate surface area is 112 Å². The Morgan fingerprint density at radius 3 is 3.05 bits per heavy atom. The highest BCUT2D eigenvalue weighted by atomic mass is 16.5. The van der Waals surface area contributed by atoms with Crippen LogP contribution in [0, 0.1) is 6.92 Å². The summed E-state index contributed by atoms with van der Waals surface area (Å²) >= 11 is 0. The van der Waals surface area contributed by atoms with Crippen molar-refractivity contribution in [1.29, 1.82) is 0 Å². The summed E-state index contributed by atoms with van der Waals surface area (Å²) in [7, 11) is 2.01. The monoisotopic (exact) mass is 258 g/mol. The largest absolute Gasteiger partial charge is 0.487 e. The fourth-order valence-electron chi connectivity index (χ4n) is 2.63. The molecule has 4 nitrogen and oxygen atoms in total. The zero-order chi connectivity index (χ0) is 13.2. The zero-order valence-corrected chi connectivity index (χ0v) is 11.3. The minimum absolute atomic E-state index is 0.450. The molecule has 0 radical (unpaired) electrons. The van der Waals surface area contributed by atoms with Gasteiger partial charge in [0.15, 0.2) is 0 Å². The molecule has 19 heavy (non-hydrogen) atoms. The first-order valence-electron chi connectivity index (χ1n) is 6.61. The van der Waals surface area contributed by atoms with Gasteiger partial charge in [-0.15, -0.1) is 0 Å². The van der Waals surface area contributed by atoms with Crippen LogP contribution in [-0.4, -0.2) is 12.2 Å². The van der Waals surface area contributed by atoms with Gasteiger partial charge < -0.3 is 14.6 Å². The maximum atomic E-state index is 5.76. The van der Waals surface area contributed by atoms with Gasteiger partial charge in [0, 0.05) is 12.1 Å². The molecule has 1 unspecified atom stereocenters. The normalized spacial score (nSPS) is 17.5. The predicted molar refractivity (Wildman–Crippen MR) is 72.1 cm³/mol. The van der Waals surface area contributed by atoms with Gasteiger partial charge >= 0.3 is 0 Å². The Hall–Kier alpha value is -1.81. The van der Waals surface area contributed by atoms with Crippen LogP contribution in [0.15, 0.2) is 28.8 Å². The number of aryl methyl sites for hydroxylation is 2. The molecule has 2 aromatic rings. The van der Waals surface area contributed by atoms with Gasteiger partial charge in [-0.05, 0) is 50.1 Å². The van der Waals surface area contributed by atoms with Crippen molar-refractivity contribution in [2.45, 2.75) is 32.4 Å². The highest BCUT2D eigenvalue weighted by Crippen LogP contribution is 2.33. The maximum absolute atomic E-state index is 5.76. The van der Waals surface area contributed by atoms with E-state index in [4.69, 9.17) is 9.26 Å². The van der Waals surface area contributed by atoms with Crippen molar-refractivity contribution in [2.24, 2.45) is 0 Å². The van der Waals surface area contributed by atoms with Crippen molar-refractivity contribution >= 4 is 0 Å². The lowest BCUT2D eigenvalue weighted by Gasteiger charge is -2.11. The summed E-state index contributed by atoms with van der Waals surface area (Å²) in [5, 5.41) is 7.26. The van der Waals surface area contributed by atoms with E-state index in [1.807, 2.05) is 26.1 Å². The molecule has 1 aromatic heterocycles. The summed E-state index contributed by atoms with van der Waals surface area (Å²) in [4.78, 5) is 0. The summed E-state index contributed by atoms with van der Waals surface area (Å²) in [6.07, 6.45) is 2.28. The Kier molecular flexibility index (Phi) is 3.25. The highest BCUT2D eigenvalue weighted by Gasteiger charge is 2.21. The molecule has 0 aliphatic heterocycles. The van der Waals surface area contributed by atoms with Crippen LogP contribution < -0.4 is 10.1 Å². The summed E-state index contributed by atoms with van der Waals surface area (Å²) in [5.74, 6) is 1.71. The van der Waals surface area contributed by atoms with E-state index in [2.05, 4.69) is 22.6 Å². The van der Waals surface area contributed by atoms with Gasteiger partial charge in [-0.1, -0.05) is 11.2 Å². The first-order chi connectivity index (χ1) is 9.26. The molecular formula is C15H18N2O2. The molecule has 0 bridgehead atoms. The van der Waals surface area contributed by atoms with Crippen molar-refractivity contribution < 1.29 is 9.26 Å². The van der Waals surface area contributed by atoms with Crippen LogP contribution in [0.4, 0.5) is 0 Å². The quantitative estimate of drug-likeness (QED) is 0.916. The van der Waals surface area contributed by atoms with Gasteiger partial charge in [0.2, 0.25) is 0 Å². The van der Waals surface area contributed by atoms with Gasteiger partial charge in [0.1, 0.15) is 23.8 Å². The van der Waals surface area contributed by atoms with Crippen LogP contribution in [0.5, 0.6) is 5.75 Å². The number of fused-ring (bicyclic) bond motifs is 1. The number of hydrogen-bond donors (Lipinski definition) is 1. The van der Waals surface area contributed by atoms with Crippen molar-refractivity contribution in [2.75, 3.05) is 7.05 Å². The topological polar surface area (TPSA) is 47.3 Å². The summed E-state index contributed by atoms with van der Waals surface area (Å²) < 4.78 is 10.8. The average Bonchev–Trinajstić information content (AvgIpc) is 3.01. The number of rotatable bonds is 4. The molecule has 1 aliphatic rings. The van der Waals surface area contributed by atoms with E-state index >= 15 is 0 Å². The van der Waals surface area contributed by atoms with Gasteiger partial charge in [-0.25, -0.2) is 0 Å². The predicted octanol–water partition coefficient (Wildman–Crippen LogP) is 2.77. The van der Waals surface area contributed by atoms with Gasteiger partial charge in [0.05, 0.1) is 0 Å². The van der Waals surface area contributed by atoms with Gasteiger partial charge in [-0.3, -0.25) is 0 Å². The van der Waals surface area contributed by atoms with Crippen molar-refractivity contribution in [3.63, 3.8) is 0 Å². The molecule has 1 heterocycles. The van der Waals surface area contributed by atoms with Crippen LogP contribution in [0.2, 0.25) is 0 Å². The molecule has 0 saturated heterocycles. The lowest BCUT2D eigenvalue weighted by Crippen LogP contribution is -2.12. The second kappa shape index (κ2) is 5.05. The third-order valence-electron chi connectivity index (χ3n) is 3.60. The van der Waals surface area contributed by atoms with Crippen molar-refractivity contribution in [1.82, 2.24) is 10.5 Å². The molecule has 0 spiro atoms. The van der Waals surface area contributed by atoms with Crippen LogP contribution in [0.1, 0.15) is 35.0 Å². The van der Waals surface area contributed by atoms with Gasteiger partial charge in [-0.2, -0.15) is 0 Å². The summed E-state index contributed by atoms with van der Waals surface area (Å²) in [5.41, 5.74) is 3.60. The number of aromatic nitrogens is 1. The Balaban J connectivity index is 1.69. The number of hydrogen-bond acceptors (Lipinski definition) is 4. The second-order valence-corrected chi connectivity index (χ2v) is 4.96.